The predicted molar refractivity (Wildman–Crippen MR) is 65.4 cm³/mol. The highest BCUT2D eigenvalue weighted by atomic mass is 14.7. The molecule has 0 radical (unpaired) electrons. The van der Waals surface area contributed by atoms with E-state index in [0.29, 0.717) is 16.8 Å². The fourth-order valence-electron chi connectivity index (χ4n) is 1.60. The van der Waals surface area contributed by atoms with Crippen molar-refractivity contribution in [2.45, 2.75) is 0 Å². The fourth-order valence-corrected chi connectivity index (χ4v) is 1.60. The minimum Gasteiger partial charge on any atom is -0.256 e. The SMILES string of the molecule is [C-]#[N+]c1cc(-c2ccccn2)c(C#N)cc1C#N. The first-order valence-electron chi connectivity index (χ1n) is 5.07. The van der Waals surface area contributed by atoms with Crippen LogP contribution in [-0.4, -0.2) is 4.98 Å². The molecule has 4 nitrogen and oxygen atoms in total. The van der Waals surface area contributed by atoms with E-state index in [4.69, 9.17) is 17.1 Å². The second-order valence-electron chi connectivity index (χ2n) is 3.47. The molecule has 0 atom stereocenters. The zero-order chi connectivity index (χ0) is 13.0. The minimum absolute atomic E-state index is 0.209. The summed E-state index contributed by atoms with van der Waals surface area (Å²) in [6, 6.07) is 12.2. The van der Waals surface area contributed by atoms with E-state index in [1.807, 2.05) is 12.1 Å². The first kappa shape index (κ1) is 11.3. The number of nitriles is 2. The Hall–Kier alpha value is -3.16. The van der Waals surface area contributed by atoms with Crippen molar-refractivity contribution in [3.8, 4) is 23.4 Å². The van der Waals surface area contributed by atoms with E-state index in [9.17, 15) is 0 Å². The van der Waals surface area contributed by atoms with Crippen LogP contribution in [0.2, 0.25) is 0 Å². The Morgan fingerprint density at radius 1 is 1.11 bits per heavy atom. The standard InChI is InChI=1S/C14H6N4/c1-17-14-7-12(13-4-2-3-5-18-13)10(8-15)6-11(14)9-16/h2-7H. The molecule has 2 aromatic rings. The smallest absolute Gasteiger partial charge is 0.205 e. The monoisotopic (exact) mass is 230 g/mol. The van der Waals surface area contributed by atoms with Gasteiger partial charge in [0.2, 0.25) is 5.69 Å². The number of hydrogen-bond donors (Lipinski definition) is 0. The third-order valence-corrected chi connectivity index (χ3v) is 2.44. The van der Waals surface area contributed by atoms with Crippen molar-refractivity contribution >= 4 is 5.69 Å². The molecule has 0 fully saturated rings. The lowest BCUT2D eigenvalue weighted by atomic mass is 10.0. The highest BCUT2D eigenvalue weighted by Gasteiger charge is 2.11. The molecule has 1 aromatic carbocycles. The van der Waals surface area contributed by atoms with Crippen LogP contribution >= 0.6 is 0 Å². The molecule has 0 aliphatic carbocycles. The summed E-state index contributed by atoms with van der Waals surface area (Å²) in [6.07, 6.45) is 1.62. The van der Waals surface area contributed by atoms with E-state index in [-0.39, 0.29) is 11.3 Å². The summed E-state index contributed by atoms with van der Waals surface area (Å²) in [5, 5.41) is 18.0. The lowest BCUT2D eigenvalue weighted by Gasteiger charge is -2.05. The summed E-state index contributed by atoms with van der Waals surface area (Å²) < 4.78 is 0. The molecular weight excluding hydrogens is 224 g/mol. The van der Waals surface area contributed by atoms with Gasteiger partial charge in [-0.15, -0.1) is 0 Å². The van der Waals surface area contributed by atoms with Crippen LogP contribution in [0.15, 0.2) is 36.5 Å². The lowest BCUT2D eigenvalue weighted by Crippen LogP contribution is -1.89. The summed E-state index contributed by atoms with van der Waals surface area (Å²) in [6.45, 7) is 7.05. The molecule has 2 rings (SSSR count). The topological polar surface area (TPSA) is 64.8 Å². The number of hydrogen-bond acceptors (Lipinski definition) is 3. The van der Waals surface area contributed by atoms with Gasteiger partial charge in [-0.05, 0) is 24.3 Å². The molecular formula is C14H6N4. The maximum atomic E-state index is 9.10. The maximum Gasteiger partial charge on any atom is 0.205 e. The highest BCUT2D eigenvalue weighted by Crippen LogP contribution is 2.29. The van der Waals surface area contributed by atoms with Crippen LogP contribution in [0.3, 0.4) is 0 Å². The van der Waals surface area contributed by atoms with Gasteiger partial charge in [0.1, 0.15) is 0 Å². The average Bonchev–Trinajstić information content (AvgIpc) is 2.46. The molecule has 0 bridgehead atoms. The van der Waals surface area contributed by atoms with Crippen molar-refractivity contribution in [1.29, 1.82) is 10.5 Å². The van der Waals surface area contributed by atoms with Gasteiger partial charge < -0.3 is 0 Å². The Balaban J connectivity index is 2.74. The van der Waals surface area contributed by atoms with Gasteiger partial charge in [-0.25, -0.2) is 4.85 Å². The first-order valence-corrected chi connectivity index (χ1v) is 5.07. The largest absolute Gasteiger partial charge is 0.256 e. The van der Waals surface area contributed by atoms with Crippen molar-refractivity contribution in [2.75, 3.05) is 0 Å². The van der Waals surface area contributed by atoms with E-state index in [0.717, 1.165) is 0 Å². The molecule has 18 heavy (non-hydrogen) atoms. The van der Waals surface area contributed by atoms with Gasteiger partial charge >= 0.3 is 0 Å². The van der Waals surface area contributed by atoms with E-state index in [1.54, 1.807) is 24.4 Å². The van der Waals surface area contributed by atoms with Crippen LogP contribution in [0, 0.1) is 29.2 Å². The van der Waals surface area contributed by atoms with Crippen LogP contribution in [0.1, 0.15) is 11.1 Å². The van der Waals surface area contributed by atoms with Crippen LogP contribution in [-0.2, 0) is 0 Å². The second-order valence-corrected chi connectivity index (χ2v) is 3.47. The zero-order valence-electron chi connectivity index (χ0n) is 9.25. The van der Waals surface area contributed by atoms with Gasteiger partial charge in [0, 0.05) is 11.8 Å². The number of pyridine rings is 1. The average molecular weight is 230 g/mol. The van der Waals surface area contributed by atoms with Gasteiger partial charge in [0.05, 0.1) is 35.5 Å². The van der Waals surface area contributed by atoms with Crippen LogP contribution in [0.5, 0.6) is 0 Å². The maximum absolute atomic E-state index is 9.10. The fraction of sp³-hybridized carbons (Fsp3) is 0. The number of nitrogens with zero attached hydrogens (tertiary/aromatic N) is 4. The minimum atomic E-state index is 0.209. The predicted octanol–water partition coefficient (Wildman–Crippen LogP) is 3.04. The molecule has 0 N–H and O–H groups in total. The molecule has 1 aromatic heterocycles. The summed E-state index contributed by atoms with van der Waals surface area (Å²) in [5.41, 5.74) is 1.97. The first-order chi connectivity index (χ1) is 8.80. The van der Waals surface area contributed by atoms with E-state index in [2.05, 4.69) is 9.83 Å². The molecule has 0 aliphatic heterocycles. The quantitative estimate of drug-likeness (QED) is 0.707. The Kier molecular flexibility index (Phi) is 3.01. The normalized spacial score (nSPS) is 8.94. The second kappa shape index (κ2) is 4.78. The molecule has 4 heteroatoms. The van der Waals surface area contributed by atoms with Gasteiger partial charge in [0.25, 0.3) is 0 Å². The van der Waals surface area contributed by atoms with Gasteiger partial charge in [-0.3, -0.25) is 4.98 Å². The van der Waals surface area contributed by atoms with Crippen LogP contribution in [0.25, 0.3) is 16.1 Å². The Bertz CT molecular complexity index is 712. The van der Waals surface area contributed by atoms with E-state index < -0.39 is 0 Å². The molecule has 0 aliphatic rings. The van der Waals surface area contributed by atoms with Gasteiger partial charge in [0.15, 0.2) is 0 Å². The summed E-state index contributed by atoms with van der Waals surface area (Å²) in [5.74, 6) is 0. The number of benzene rings is 1. The van der Waals surface area contributed by atoms with Crippen molar-refractivity contribution < 1.29 is 0 Å². The van der Waals surface area contributed by atoms with E-state index >= 15 is 0 Å². The zero-order valence-corrected chi connectivity index (χ0v) is 9.25. The Labute approximate surface area is 104 Å². The molecule has 0 saturated heterocycles. The number of rotatable bonds is 1. The molecule has 0 unspecified atom stereocenters. The molecule has 1 heterocycles. The lowest BCUT2D eigenvalue weighted by molar-refractivity contribution is 1.32. The van der Waals surface area contributed by atoms with Crippen molar-refractivity contribution in [2.24, 2.45) is 0 Å². The third-order valence-electron chi connectivity index (χ3n) is 2.44. The molecule has 0 spiro atoms. The van der Waals surface area contributed by atoms with Gasteiger partial charge in [-0.1, -0.05) is 6.07 Å². The summed E-state index contributed by atoms with van der Waals surface area (Å²) in [4.78, 5) is 7.44. The van der Waals surface area contributed by atoms with Crippen molar-refractivity contribution in [1.82, 2.24) is 4.98 Å². The highest BCUT2D eigenvalue weighted by molar-refractivity contribution is 5.76. The van der Waals surface area contributed by atoms with Crippen LogP contribution < -0.4 is 0 Å². The third kappa shape index (κ3) is 1.89. The van der Waals surface area contributed by atoms with Crippen molar-refractivity contribution in [3.63, 3.8) is 0 Å². The molecule has 82 valence electrons. The molecule has 0 amide bonds. The van der Waals surface area contributed by atoms with Crippen LogP contribution in [0.4, 0.5) is 5.69 Å². The van der Waals surface area contributed by atoms with Gasteiger partial charge in [-0.2, -0.15) is 10.5 Å². The molecule has 0 saturated carbocycles. The Morgan fingerprint density at radius 2 is 1.89 bits per heavy atom. The number of aromatic nitrogens is 1. The Morgan fingerprint density at radius 3 is 2.44 bits per heavy atom. The van der Waals surface area contributed by atoms with E-state index in [1.165, 1.54) is 12.1 Å². The summed E-state index contributed by atoms with van der Waals surface area (Å²) in [7, 11) is 0. The van der Waals surface area contributed by atoms with Crippen molar-refractivity contribution in [3.05, 3.63) is 59.1 Å². The summed E-state index contributed by atoms with van der Waals surface area (Å²) >= 11 is 0.